The van der Waals surface area contributed by atoms with E-state index in [9.17, 15) is 0 Å². The molecule has 3 nitrogen and oxygen atoms in total. The van der Waals surface area contributed by atoms with Gasteiger partial charge in [0.2, 0.25) is 0 Å². The molecule has 0 aliphatic rings. The lowest BCUT2D eigenvalue weighted by atomic mass is 10.2. The number of alkyl halides is 1. The summed E-state index contributed by atoms with van der Waals surface area (Å²) in [5.74, 6) is 1.28. The molecular weight excluding hydrogens is 316 g/mol. The molecule has 1 heterocycles. The van der Waals surface area contributed by atoms with Crippen molar-refractivity contribution in [3.05, 3.63) is 46.2 Å². The van der Waals surface area contributed by atoms with Crippen LogP contribution in [-0.4, -0.2) is 16.4 Å². The summed E-state index contributed by atoms with van der Waals surface area (Å²) in [6.45, 7) is 0.609. The molecule has 0 atom stereocenters. The number of ether oxygens (including phenoxy) is 1. The summed E-state index contributed by atoms with van der Waals surface area (Å²) in [4.78, 5) is 0. The Kier molecular flexibility index (Phi) is 4.66. The number of aryl methyl sites for hydroxylation is 1. The number of hydrogen-bond acceptors (Lipinski definition) is 2. The first-order valence-electron chi connectivity index (χ1n) is 5.64. The van der Waals surface area contributed by atoms with Gasteiger partial charge >= 0.3 is 0 Å². The van der Waals surface area contributed by atoms with Crippen molar-refractivity contribution in [2.75, 3.05) is 6.61 Å². The van der Waals surface area contributed by atoms with Crippen LogP contribution in [-0.2, 0) is 19.3 Å². The van der Waals surface area contributed by atoms with E-state index >= 15 is 0 Å². The molecule has 0 radical (unpaired) electrons. The zero-order valence-electron chi connectivity index (χ0n) is 10.1. The number of benzene rings is 1. The van der Waals surface area contributed by atoms with Crippen LogP contribution < -0.4 is 4.74 Å². The SMILES string of the molecule is Cn1cc(CCOc2c(Br)cccc2CCl)cn1. The molecule has 1 aromatic carbocycles. The minimum atomic E-state index is 0.446. The van der Waals surface area contributed by atoms with Gasteiger partial charge in [-0.3, -0.25) is 4.68 Å². The maximum Gasteiger partial charge on any atom is 0.137 e. The fourth-order valence-electron chi connectivity index (χ4n) is 1.69. The molecule has 18 heavy (non-hydrogen) atoms. The third-order valence-corrected chi connectivity index (χ3v) is 3.50. The van der Waals surface area contributed by atoms with Gasteiger partial charge < -0.3 is 4.74 Å². The number of hydrogen-bond donors (Lipinski definition) is 0. The van der Waals surface area contributed by atoms with E-state index in [1.165, 1.54) is 0 Å². The van der Waals surface area contributed by atoms with Crippen molar-refractivity contribution in [2.45, 2.75) is 12.3 Å². The summed E-state index contributed by atoms with van der Waals surface area (Å²) >= 11 is 9.37. The topological polar surface area (TPSA) is 27.1 Å². The minimum absolute atomic E-state index is 0.446. The molecule has 0 spiro atoms. The van der Waals surface area contributed by atoms with Crippen molar-refractivity contribution < 1.29 is 4.74 Å². The number of halogens is 2. The highest BCUT2D eigenvalue weighted by Gasteiger charge is 2.07. The molecule has 5 heteroatoms. The molecule has 1 aromatic heterocycles. The van der Waals surface area contributed by atoms with Gasteiger partial charge in [-0.15, -0.1) is 11.6 Å². The molecule has 2 rings (SSSR count). The second kappa shape index (κ2) is 6.25. The van der Waals surface area contributed by atoms with Gasteiger partial charge in [0.25, 0.3) is 0 Å². The molecule has 0 fully saturated rings. The number of para-hydroxylation sites is 1. The Labute approximate surface area is 120 Å². The maximum absolute atomic E-state index is 5.89. The Balaban J connectivity index is 1.98. The van der Waals surface area contributed by atoms with E-state index in [2.05, 4.69) is 21.0 Å². The molecule has 0 N–H and O–H groups in total. The van der Waals surface area contributed by atoms with Crippen molar-refractivity contribution >= 4 is 27.5 Å². The first kappa shape index (κ1) is 13.4. The highest BCUT2D eigenvalue weighted by Crippen LogP contribution is 2.30. The summed E-state index contributed by atoms with van der Waals surface area (Å²) in [5.41, 5.74) is 2.16. The summed E-state index contributed by atoms with van der Waals surface area (Å²) < 4.78 is 8.53. The molecule has 0 aliphatic heterocycles. The van der Waals surface area contributed by atoms with Crippen LogP contribution in [0.1, 0.15) is 11.1 Å². The van der Waals surface area contributed by atoms with Gasteiger partial charge in [-0.2, -0.15) is 5.10 Å². The zero-order chi connectivity index (χ0) is 13.0. The van der Waals surface area contributed by atoms with Crippen LogP contribution in [0.2, 0.25) is 0 Å². The zero-order valence-corrected chi connectivity index (χ0v) is 12.4. The Morgan fingerprint density at radius 2 is 2.28 bits per heavy atom. The second-order valence-electron chi connectivity index (χ2n) is 3.98. The number of aromatic nitrogens is 2. The first-order chi connectivity index (χ1) is 8.70. The smallest absolute Gasteiger partial charge is 0.137 e. The minimum Gasteiger partial charge on any atom is -0.492 e. The molecule has 0 saturated carbocycles. The van der Waals surface area contributed by atoms with E-state index < -0.39 is 0 Å². The highest BCUT2D eigenvalue weighted by atomic mass is 79.9. The van der Waals surface area contributed by atoms with Crippen LogP contribution in [0.15, 0.2) is 35.1 Å². The molecule has 0 bridgehead atoms. The molecule has 0 saturated heterocycles. The third-order valence-electron chi connectivity index (χ3n) is 2.59. The van der Waals surface area contributed by atoms with Crippen LogP contribution in [0.3, 0.4) is 0 Å². The molecule has 0 unspecified atom stereocenters. The van der Waals surface area contributed by atoms with Crippen molar-refractivity contribution in [1.82, 2.24) is 9.78 Å². The van der Waals surface area contributed by atoms with E-state index in [-0.39, 0.29) is 0 Å². The quantitative estimate of drug-likeness (QED) is 0.785. The van der Waals surface area contributed by atoms with E-state index in [4.69, 9.17) is 16.3 Å². The Morgan fingerprint density at radius 3 is 2.94 bits per heavy atom. The number of rotatable bonds is 5. The van der Waals surface area contributed by atoms with E-state index in [0.29, 0.717) is 12.5 Å². The number of nitrogens with zero attached hydrogens (tertiary/aromatic N) is 2. The monoisotopic (exact) mass is 328 g/mol. The first-order valence-corrected chi connectivity index (χ1v) is 6.97. The molecule has 2 aromatic rings. The van der Waals surface area contributed by atoms with Gasteiger partial charge in [0, 0.05) is 25.2 Å². The van der Waals surface area contributed by atoms with E-state index in [1.54, 1.807) is 4.68 Å². The molecular formula is C13H14BrClN2O. The lowest BCUT2D eigenvalue weighted by Gasteiger charge is -2.11. The Hall–Kier alpha value is -1.00. The van der Waals surface area contributed by atoms with Crippen molar-refractivity contribution in [3.63, 3.8) is 0 Å². The van der Waals surface area contributed by atoms with Gasteiger partial charge in [0.1, 0.15) is 5.75 Å². The summed E-state index contributed by atoms with van der Waals surface area (Å²) in [6, 6.07) is 5.88. The van der Waals surface area contributed by atoms with Crippen LogP contribution in [0.5, 0.6) is 5.75 Å². The van der Waals surface area contributed by atoms with Crippen LogP contribution in [0, 0.1) is 0 Å². The van der Waals surface area contributed by atoms with Crippen molar-refractivity contribution in [2.24, 2.45) is 7.05 Å². The standard InChI is InChI=1S/C13H14BrClN2O/c1-17-9-10(8-16-17)5-6-18-13-11(7-15)3-2-4-12(13)14/h2-4,8-9H,5-7H2,1H3. The second-order valence-corrected chi connectivity index (χ2v) is 5.10. The molecule has 96 valence electrons. The maximum atomic E-state index is 5.89. The largest absolute Gasteiger partial charge is 0.492 e. The normalized spacial score (nSPS) is 10.6. The lowest BCUT2D eigenvalue weighted by Crippen LogP contribution is -2.03. The fraction of sp³-hybridized carbons (Fsp3) is 0.308. The lowest BCUT2D eigenvalue weighted by molar-refractivity contribution is 0.317. The average Bonchev–Trinajstić information content (AvgIpc) is 2.77. The van der Waals surface area contributed by atoms with Crippen molar-refractivity contribution in [3.8, 4) is 5.75 Å². The summed E-state index contributed by atoms with van der Waals surface area (Å²) in [5, 5.41) is 4.12. The van der Waals surface area contributed by atoms with Gasteiger partial charge in [0.15, 0.2) is 0 Å². The Morgan fingerprint density at radius 1 is 1.44 bits per heavy atom. The van der Waals surface area contributed by atoms with Crippen molar-refractivity contribution in [1.29, 1.82) is 0 Å². The van der Waals surface area contributed by atoms with Gasteiger partial charge in [-0.05, 0) is 27.6 Å². The molecule has 0 aliphatic carbocycles. The third kappa shape index (κ3) is 3.27. The van der Waals surface area contributed by atoms with E-state index in [0.717, 1.165) is 27.8 Å². The van der Waals surface area contributed by atoms with Gasteiger partial charge in [-0.25, -0.2) is 0 Å². The predicted molar refractivity (Wildman–Crippen MR) is 76.1 cm³/mol. The van der Waals surface area contributed by atoms with Gasteiger partial charge in [-0.1, -0.05) is 12.1 Å². The fourth-order valence-corrected chi connectivity index (χ4v) is 2.42. The predicted octanol–water partition coefficient (Wildman–Crippen LogP) is 3.54. The van der Waals surface area contributed by atoms with Crippen LogP contribution in [0.4, 0.5) is 0 Å². The average molecular weight is 330 g/mol. The molecule has 0 amide bonds. The van der Waals surface area contributed by atoms with E-state index in [1.807, 2.05) is 37.6 Å². The van der Waals surface area contributed by atoms with Crippen LogP contribution in [0.25, 0.3) is 0 Å². The van der Waals surface area contributed by atoms with Gasteiger partial charge in [0.05, 0.1) is 23.2 Å². The Bertz CT molecular complexity index is 527. The summed E-state index contributed by atoms with van der Waals surface area (Å²) in [6.07, 6.45) is 4.68. The summed E-state index contributed by atoms with van der Waals surface area (Å²) in [7, 11) is 1.91. The van der Waals surface area contributed by atoms with Crippen LogP contribution >= 0.6 is 27.5 Å². The highest BCUT2D eigenvalue weighted by molar-refractivity contribution is 9.10.